The Bertz CT molecular complexity index is 569. The predicted molar refractivity (Wildman–Crippen MR) is 84.7 cm³/mol. The second-order valence-electron chi connectivity index (χ2n) is 4.76. The number of rotatable bonds is 6. The second kappa shape index (κ2) is 7.32. The zero-order valence-electron chi connectivity index (χ0n) is 11.9. The number of para-hydroxylation sites is 1. The minimum atomic E-state index is 0.717. The number of nitrogens with one attached hydrogen (secondary N) is 1. The Labute approximate surface area is 125 Å². The Morgan fingerprint density at radius 3 is 2.55 bits per heavy atom. The Kier molecular flexibility index (Phi) is 5.45. The summed E-state index contributed by atoms with van der Waals surface area (Å²) in [6.45, 7) is 5.86. The SMILES string of the molecule is CCCNCc1c(Cl)cccc1Oc1ccccc1C. The maximum Gasteiger partial charge on any atom is 0.133 e. The summed E-state index contributed by atoms with van der Waals surface area (Å²) in [5.41, 5.74) is 2.12. The predicted octanol–water partition coefficient (Wildman–Crippen LogP) is 4.94. The summed E-state index contributed by atoms with van der Waals surface area (Å²) in [5, 5.41) is 4.10. The van der Waals surface area contributed by atoms with Crippen LogP contribution in [-0.4, -0.2) is 6.54 Å². The van der Waals surface area contributed by atoms with E-state index in [-0.39, 0.29) is 0 Å². The van der Waals surface area contributed by atoms with Gasteiger partial charge in [-0.3, -0.25) is 0 Å². The molecule has 2 rings (SSSR count). The van der Waals surface area contributed by atoms with Gasteiger partial charge in [-0.05, 0) is 43.7 Å². The molecule has 0 aliphatic rings. The minimum Gasteiger partial charge on any atom is -0.457 e. The monoisotopic (exact) mass is 289 g/mol. The van der Waals surface area contributed by atoms with Crippen molar-refractivity contribution in [2.75, 3.05) is 6.54 Å². The van der Waals surface area contributed by atoms with Crippen molar-refractivity contribution < 1.29 is 4.74 Å². The Hall–Kier alpha value is -1.51. The lowest BCUT2D eigenvalue weighted by Gasteiger charge is -2.14. The summed E-state index contributed by atoms with van der Waals surface area (Å²) in [4.78, 5) is 0. The smallest absolute Gasteiger partial charge is 0.133 e. The van der Waals surface area contributed by atoms with E-state index in [1.807, 2.05) is 49.4 Å². The summed E-state index contributed by atoms with van der Waals surface area (Å²) in [6.07, 6.45) is 1.10. The van der Waals surface area contributed by atoms with Crippen LogP contribution in [0.1, 0.15) is 24.5 Å². The molecule has 0 fully saturated rings. The molecule has 20 heavy (non-hydrogen) atoms. The quantitative estimate of drug-likeness (QED) is 0.761. The van der Waals surface area contributed by atoms with E-state index in [1.165, 1.54) is 0 Å². The average molecular weight is 290 g/mol. The number of hydrogen-bond donors (Lipinski definition) is 1. The Morgan fingerprint density at radius 1 is 1.05 bits per heavy atom. The second-order valence-corrected chi connectivity index (χ2v) is 5.17. The van der Waals surface area contributed by atoms with Gasteiger partial charge in [0.25, 0.3) is 0 Å². The van der Waals surface area contributed by atoms with Crippen LogP contribution in [-0.2, 0) is 6.54 Å². The third-order valence-corrected chi connectivity index (χ3v) is 3.47. The molecule has 0 unspecified atom stereocenters. The van der Waals surface area contributed by atoms with Gasteiger partial charge < -0.3 is 10.1 Å². The molecule has 0 saturated heterocycles. The molecule has 106 valence electrons. The van der Waals surface area contributed by atoms with Crippen LogP contribution in [0.15, 0.2) is 42.5 Å². The molecule has 0 heterocycles. The molecule has 0 aromatic heterocycles. The van der Waals surface area contributed by atoms with Crippen LogP contribution >= 0.6 is 11.6 Å². The van der Waals surface area contributed by atoms with E-state index in [0.717, 1.165) is 40.6 Å². The van der Waals surface area contributed by atoms with Gasteiger partial charge >= 0.3 is 0 Å². The lowest BCUT2D eigenvalue weighted by molar-refractivity contribution is 0.469. The van der Waals surface area contributed by atoms with Gasteiger partial charge in [-0.25, -0.2) is 0 Å². The molecule has 0 radical (unpaired) electrons. The number of benzene rings is 2. The van der Waals surface area contributed by atoms with E-state index in [0.29, 0.717) is 6.54 Å². The zero-order chi connectivity index (χ0) is 14.4. The largest absolute Gasteiger partial charge is 0.457 e. The van der Waals surface area contributed by atoms with Crippen LogP contribution < -0.4 is 10.1 Å². The first kappa shape index (κ1) is 14.9. The fourth-order valence-electron chi connectivity index (χ4n) is 1.99. The first-order valence-corrected chi connectivity index (χ1v) is 7.31. The van der Waals surface area contributed by atoms with Crippen molar-refractivity contribution in [1.29, 1.82) is 0 Å². The Morgan fingerprint density at radius 2 is 1.80 bits per heavy atom. The van der Waals surface area contributed by atoms with Crippen molar-refractivity contribution in [3.05, 3.63) is 58.6 Å². The van der Waals surface area contributed by atoms with Crippen molar-refractivity contribution in [2.45, 2.75) is 26.8 Å². The molecular formula is C17H20ClNO. The first-order valence-electron chi connectivity index (χ1n) is 6.94. The summed E-state index contributed by atoms with van der Waals surface area (Å²) >= 11 is 6.29. The van der Waals surface area contributed by atoms with Gasteiger partial charge in [-0.2, -0.15) is 0 Å². The van der Waals surface area contributed by atoms with E-state index in [4.69, 9.17) is 16.3 Å². The van der Waals surface area contributed by atoms with Crippen LogP contribution in [0, 0.1) is 6.92 Å². The number of hydrogen-bond acceptors (Lipinski definition) is 2. The molecule has 2 aromatic rings. The average Bonchev–Trinajstić information content (AvgIpc) is 2.44. The van der Waals surface area contributed by atoms with Crippen molar-refractivity contribution in [2.24, 2.45) is 0 Å². The lowest BCUT2D eigenvalue weighted by Crippen LogP contribution is -2.14. The molecule has 0 aliphatic carbocycles. The van der Waals surface area contributed by atoms with E-state index in [9.17, 15) is 0 Å². The molecule has 0 atom stereocenters. The highest BCUT2D eigenvalue weighted by Gasteiger charge is 2.09. The van der Waals surface area contributed by atoms with Gasteiger partial charge in [-0.1, -0.05) is 42.8 Å². The molecule has 0 saturated carbocycles. The van der Waals surface area contributed by atoms with Crippen molar-refractivity contribution in [3.8, 4) is 11.5 Å². The number of ether oxygens (including phenoxy) is 1. The molecular weight excluding hydrogens is 270 g/mol. The zero-order valence-corrected chi connectivity index (χ0v) is 12.7. The normalized spacial score (nSPS) is 10.6. The van der Waals surface area contributed by atoms with Gasteiger partial charge in [0.2, 0.25) is 0 Å². The maximum atomic E-state index is 6.29. The van der Waals surface area contributed by atoms with Crippen LogP contribution in [0.4, 0.5) is 0 Å². The highest BCUT2D eigenvalue weighted by Crippen LogP contribution is 2.31. The van der Waals surface area contributed by atoms with Gasteiger partial charge in [0.15, 0.2) is 0 Å². The summed E-state index contributed by atoms with van der Waals surface area (Å²) < 4.78 is 6.03. The van der Waals surface area contributed by atoms with E-state index < -0.39 is 0 Å². The molecule has 1 N–H and O–H groups in total. The summed E-state index contributed by atoms with van der Waals surface area (Å²) in [7, 11) is 0. The molecule has 0 aliphatic heterocycles. The van der Waals surface area contributed by atoms with E-state index >= 15 is 0 Å². The van der Waals surface area contributed by atoms with E-state index in [2.05, 4.69) is 12.2 Å². The van der Waals surface area contributed by atoms with Gasteiger partial charge in [0.05, 0.1) is 0 Å². The van der Waals surface area contributed by atoms with Crippen LogP contribution in [0.5, 0.6) is 11.5 Å². The van der Waals surface area contributed by atoms with E-state index in [1.54, 1.807) is 0 Å². The van der Waals surface area contributed by atoms with Crippen molar-refractivity contribution in [3.63, 3.8) is 0 Å². The lowest BCUT2D eigenvalue weighted by atomic mass is 10.2. The van der Waals surface area contributed by atoms with Gasteiger partial charge in [0, 0.05) is 17.1 Å². The molecule has 0 amide bonds. The fraction of sp³-hybridized carbons (Fsp3) is 0.294. The number of halogens is 1. The van der Waals surface area contributed by atoms with Crippen LogP contribution in [0.3, 0.4) is 0 Å². The highest BCUT2D eigenvalue weighted by molar-refractivity contribution is 6.31. The first-order chi connectivity index (χ1) is 9.72. The Balaban J connectivity index is 2.23. The standard InChI is InChI=1S/C17H20ClNO/c1-3-11-19-12-14-15(18)8-6-10-17(14)20-16-9-5-4-7-13(16)2/h4-10,19H,3,11-12H2,1-2H3. The highest BCUT2D eigenvalue weighted by atomic mass is 35.5. The third-order valence-electron chi connectivity index (χ3n) is 3.12. The minimum absolute atomic E-state index is 0.717. The summed E-state index contributed by atoms with van der Waals surface area (Å²) in [6, 6.07) is 13.8. The molecule has 2 aromatic carbocycles. The molecule has 0 spiro atoms. The number of aryl methyl sites for hydroxylation is 1. The van der Waals surface area contributed by atoms with Crippen molar-refractivity contribution in [1.82, 2.24) is 5.32 Å². The fourth-order valence-corrected chi connectivity index (χ4v) is 2.22. The molecule has 2 nitrogen and oxygen atoms in total. The van der Waals surface area contributed by atoms with Crippen LogP contribution in [0.2, 0.25) is 5.02 Å². The van der Waals surface area contributed by atoms with Crippen LogP contribution in [0.25, 0.3) is 0 Å². The molecule has 0 bridgehead atoms. The topological polar surface area (TPSA) is 21.3 Å². The van der Waals surface area contributed by atoms with Crippen molar-refractivity contribution >= 4 is 11.6 Å². The molecule has 3 heteroatoms. The van der Waals surface area contributed by atoms with Gasteiger partial charge in [-0.15, -0.1) is 0 Å². The van der Waals surface area contributed by atoms with Gasteiger partial charge in [0.1, 0.15) is 11.5 Å². The third kappa shape index (κ3) is 3.75. The maximum absolute atomic E-state index is 6.29. The summed E-state index contributed by atoms with van der Waals surface area (Å²) in [5.74, 6) is 1.68.